The first-order valence-corrected chi connectivity index (χ1v) is 12.5. The summed E-state index contributed by atoms with van der Waals surface area (Å²) in [6, 6.07) is 13.2. The fourth-order valence-corrected chi connectivity index (χ4v) is 5.56. The Balaban J connectivity index is 1.34. The van der Waals surface area contributed by atoms with E-state index >= 15 is 0 Å². The number of anilines is 1. The van der Waals surface area contributed by atoms with Gasteiger partial charge in [-0.3, -0.25) is 14.7 Å². The predicted molar refractivity (Wildman–Crippen MR) is 142 cm³/mol. The van der Waals surface area contributed by atoms with E-state index in [1.807, 2.05) is 23.1 Å². The summed E-state index contributed by atoms with van der Waals surface area (Å²) in [6.45, 7) is 2.28. The van der Waals surface area contributed by atoms with Crippen LogP contribution in [-0.2, 0) is 11.3 Å². The standard InChI is InChI=1S/C28H27ClFN5O2/c29-25-13-26(33-28(31)37)19(12-24(25)20-2-1-11-32-14-20)5-10-27(36)35-22-8-9-23(35)17-34(16-22)15-18-3-6-21(30)7-4-18/h1-7,10-14,22-23H,8-9,15-17H2,(H3,31,33,37). The first-order valence-electron chi connectivity index (χ1n) is 12.1. The van der Waals surface area contributed by atoms with Crippen molar-refractivity contribution in [3.05, 3.63) is 89.0 Å². The topological polar surface area (TPSA) is 91.6 Å². The lowest BCUT2D eigenvalue weighted by atomic mass is 10.0. The Labute approximate surface area is 219 Å². The molecule has 3 aromatic rings. The Kier molecular flexibility index (Phi) is 7.21. The van der Waals surface area contributed by atoms with Gasteiger partial charge in [-0.15, -0.1) is 0 Å². The first kappa shape index (κ1) is 24.9. The zero-order valence-electron chi connectivity index (χ0n) is 20.1. The minimum atomic E-state index is -0.721. The molecular formula is C28H27ClFN5O2. The van der Waals surface area contributed by atoms with Gasteiger partial charge in [-0.2, -0.15) is 0 Å². The molecule has 0 aliphatic carbocycles. The van der Waals surface area contributed by atoms with Gasteiger partial charge in [-0.05, 0) is 60.4 Å². The van der Waals surface area contributed by atoms with Gasteiger partial charge in [0.15, 0.2) is 0 Å². The van der Waals surface area contributed by atoms with Crippen LogP contribution in [0.4, 0.5) is 14.9 Å². The number of pyridine rings is 1. The highest BCUT2D eigenvalue weighted by Gasteiger charge is 2.41. The van der Waals surface area contributed by atoms with Gasteiger partial charge in [0.25, 0.3) is 0 Å². The summed E-state index contributed by atoms with van der Waals surface area (Å²) in [5.41, 5.74) is 8.99. The molecule has 2 aliphatic heterocycles. The second kappa shape index (κ2) is 10.7. The molecular weight excluding hydrogens is 493 g/mol. The third-order valence-corrected chi connectivity index (χ3v) is 7.22. The maximum absolute atomic E-state index is 13.3. The molecule has 3 N–H and O–H groups in total. The SMILES string of the molecule is NC(=O)Nc1cc(Cl)c(-c2cccnc2)cc1C=CC(=O)N1C2CCC1CN(Cc1ccc(F)cc1)C2. The minimum absolute atomic E-state index is 0.0724. The number of carbonyl (C=O) groups excluding carboxylic acids is 2. The average molecular weight is 520 g/mol. The van der Waals surface area contributed by atoms with Crippen molar-refractivity contribution >= 4 is 35.3 Å². The second-order valence-electron chi connectivity index (χ2n) is 9.43. The molecule has 1 aromatic heterocycles. The number of carbonyl (C=O) groups is 2. The van der Waals surface area contributed by atoms with Gasteiger partial charge in [0.05, 0.1) is 10.7 Å². The van der Waals surface area contributed by atoms with Crippen LogP contribution in [0.3, 0.4) is 0 Å². The third kappa shape index (κ3) is 5.65. The molecule has 3 heterocycles. The summed E-state index contributed by atoms with van der Waals surface area (Å²) < 4.78 is 13.2. The van der Waals surface area contributed by atoms with E-state index in [0.717, 1.165) is 49.2 Å². The highest BCUT2D eigenvalue weighted by Crippen LogP contribution is 2.34. The number of rotatable bonds is 6. The van der Waals surface area contributed by atoms with E-state index in [-0.39, 0.29) is 23.8 Å². The van der Waals surface area contributed by atoms with Crippen molar-refractivity contribution in [1.29, 1.82) is 0 Å². The Hall–Kier alpha value is -3.75. The van der Waals surface area contributed by atoms with Crippen molar-refractivity contribution in [3.63, 3.8) is 0 Å². The number of piperazine rings is 1. The number of likely N-dealkylation sites (tertiary alicyclic amines) is 1. The molecule has 0 saturated carbocycles. The number of hydrogen-bond acceptors (Lipinski definition) is 4. The number of benzene rings is 2. The number of nitrogens with two attached hydrogens (primary N) is 1. The molecule has 37 heavy (non-hydrogen) atoms. The average Bonchev–Trinajstić information content (AvgIpc) is 3.15. The van der Waals surface area contributed by atoms with Crippen LogP contribution in [0.2, 0.25) is 5.02 Å². The lowest BCUT2D eigenvalue weighted by Crippen LogP contribution is -2.55. The number of nitrogens with one attached hydrogen (secondary N) is 1. The lowest BCUT2D eigenvalue weighted by Gasteiger charge is -2.40. The predicted octanol–water partition coefficient (Wildman–Crippen LogP) is 4.92. The molecule has 0 spiro atoms. The Morgan fingerprint density at radius 3 is 2.51 bits per heavy atom. The number of nitrogens with zero attached hydrogens (tertiary/aromatic N) is 3. The summed E-state index contributed by atoms with van der Waals surface area (Å²) in [4.78, 5) is 33.4. The van der Waals surface area contributed by atoms with Crippen molar-refractivity contribution in [2.45, 2.75) is 31.5 Å². The number of primary amides is 1. The van der Waals surface area contributed by atoms with Crippen molar-refractivity contribution < 1.29 is 14.0 Å². The summed E-state index contributed by atoms with van der Waals surface area (Å²) >= 11 is 6.49. The van der Waals surface area contributed by atoms with Crippen LogP contribution < -0.4 is 11.1 Å². The molecule has 3 amide bonds. The molecule has 2 bridgehead atoms. The van der Waals surface area contributed by atoms with Crippen LogP contribution in [0.25, 0.3) is 17.2 Å². The van der Waals surface area contributed by atoms with Gasteiger partial charge in [0.2, 0.25) is 5.91 Å². The first-order chi connectivity index (χ1) is 17.9. The fourth-order valence-electron chi connectivity index (χ4n) is 5.29. The fraction of sp³-hybridized carbons (Fsp3) is 0.250. The van der Waals surface area contributed by atoms with Crippen LogP contribution >= 0.6 is 11.6 Å². The highest BCUT2D eigenvalue weighted by atomic mass is 35.5. The zero-order valence-corrected chi connectivity index (χ0v) is 20.9. The number of fused-ring (bicyclic) bond motifs is 2. The third-order valence-electron chi connectivity index (χ3n) is 6.91. The quantitative estimate of drug-likeness (QED) is 0.452. The molecule has 2 atom stereocenters. The van der Waals surface area contributed by atoms with Crippen LogP contribution in [0.15, 0.2) is 67.0 Å². The number of halogens is 2. The largest absolute Gasteiger partial charge is 0.351 e. The van der Waals surface area contributed by atoms with Crippen molar-refractivity contribution in [2.75, 3.05) is 18.4 Å². The van der Waals surface area contributed by atoms with Crippen molar-refractivity contribution in [3.8, 4) is 11.1 Å². The lowest BCUT2D eigenvalue weighted by molar-refractivity contribution is -0.131. The molecule has 2 aromatic carbocycles. The van der Waals surface area contributed by atoms with E-state index in [9.17, 15) is 14.0 Å². The van der Waals surface area contributed by atoms with E-state index in [0.29, 0.717) is 16.3 Å². The van der Waals surface area contributed by atoms with E-state index in [1.54, 1.807) is 42.7 Å². The summed E-state index contributed by atoms with van der Waals surface area (Å²) in [5.74, 6) is -0.315. The van der Waals surface area contributed by atoms with Crippen LogP contribution in [-0.4, -0.2) is 51.9 Å². The van der Waals surface area contributed by atoms with Gasteiger partial charge in [0, 0.05) is 61.3 Å². The molecule has 5 rings (SSSR count). The van der Waals surface area contributed by atoms with Crippen LogP contribution in [0, 0.1) is 5.82 Å². The Bertz CT molecular complexity index is 1320. The molecule has 2 fully saturated rings. The summed E-state index contributed by atoms with van der Waals surface area (Å²) in [6.07, 6.45) is 8.50. The maximum atomic E-state index is 13.3. The Morgan fingerprint density at radius 1 is 1.14 bits per heavy atom. The van der Waals surface area contributed by atoms with Gasteiger partial charge in [0.1, 0.15) is 5.82 Å². The number of hydrogen-bond donors (Lipinski definition) is 2. The van der Waals surface area contributed by atoms with Crippen molar-refractivity contribution in [1.82, 2.24) is 14.8 Å². The molecule has 9 heteroatoms. The van der Waals surface area contributed by atoms with E-state index in [1.165, 1.54) is 12.1 Å². The van der Waals surface area contributed by atoms with Crippen LogP contribution in [0.5, 0.6) is 0 Å². The molecule has 2 aliphatic rings. The summed E-state index contributed by atoms with van der Waals surface area (Å²) in [7, 11) is 0. The zero-order chi connectivity index (χ0) is 25.9. The van der Waals surface area contributed by atoms with Gasteiger partial charge in [-0.25, -0.2) is 9.18 Å². The number of aromatic nitrogens is 1. The molecule has 0 radical (unpaired) electrons. The van der Waals surface area contributed by atoms with E-state index < -0.39 is 6.03 Å². The molecule has 7 nitrogen and oxygen atoms in total. The monoisotopic (exact) mass is 519 g/mol. The molecule has 2 saturated heterocycles. The number of urea groups is 1. The Morgan fingerprint density at radius 2 is 1.86 bits per heavy atom. The van der Waals surface area contributed by atoms with Gasteiger partial charge < -0.3 is 16.0 Å². The highest BCUT2D eigenvalue weighted by molar-refractivity contribution is 6.33. The maximum Gasteiger partial charge on any atom is 0.316 e. The second-order valence-corrected chi connectivity index (χ2v) is 9.84. The smallest absolute Gasteiger partial charge is 0.316 e. The van der Waals surface area contributed by atoms with Gasteiger partial charge in [-0.1, -0.05) is 29.8 Å². The normalized spacial score (nSPS) is 19.4. The minimum Gasteiger partial charge on any atom is -0.351 e. The van der Waals surface area contributed by atoms with E-state index in [4.69, 9.17) is 17.3 Å². The summed E-state index contributed by atoms with van der Waals surface area (Å²) in [5, 5.41) is 3.02. The van der Waals surface area contributed by atoms with Crippen molar-refractivity contribution in [2.24, 2.45) is 5.73 Å². The van der Waals surface area contributed by atoms with Crippen LogP contribution in [0.1, 0.15) is 24.0 Å². The van der Waals surface area contributed by atoms with E-state index in [2.05, 4.69) is 15.2 Å². The van der Waals surface area contributed by atoms with Gasteiger partial charge >= 0.3 is 6.03 Å². The number of amides is 3. The molecule has 190 valence electrons. The molecule has 2 unspecified atom stereocenters.